The summed E-state index contributed by atoms with van der Waals surface area (Å²) in [6, 6.07) is 14.0. The maximum atomic E-state index is 12.3. The van der Waals surface area contributed by atoms with Crippen molar-refractivity contribution in [3.8, 4) is 0 Å². The van der Waals surface area contributed by atoms with Crippen molar-refractivity contribution in [3.63, 3.8) is 0 Å². The van der Waals surface area contributed by atoms with Crippen molar-refractivity contribution in [1.29, 1.82) is 0 Å². The fourth-order valence-electron chi connectivity index (χ4n) is 2.17. The smallest absolute Gasteiger partial charge is 0.261 e. The Morgan fingerprint density at radius 1 is 1.25 bits per heavy atom. The van der Waals surface area contributed by atoms with E-state index in [-0.39, 0.29) is 12.1 Å². The molecule has 0 bridgehead atoms. The quantitative estimate of drug-likeness (QED) is 0.584. The Balaban J connectivity index is 1.69. The average Bonchev–Trinajstić information content (AvgIpc) is 2.58. The van der Waals surface area contributed by atoms with Crippen LogP contribution < -0.4 is 11.0 Å². The first-order valence-electron chi connectivity index (χ1n) is 7.15. The first kappa shape index (κ1) is 15.9. The molecule has 24 heavy (non-hydrogen) atoms. The van der Waals surface area contributed by atoms with Gasteiger partial charge in [-0.1, -0.05) is 35.9 Å². The number of fused-ring (bicyclic) bond motifs is 1. The van der Waals surface area contributed by atoms with Gasteiger partial charge in [-0.15, -0.1) is 0 Å². The highest BCUT2D eigenvalue weighted by atomic mass is 35.5. The number of nitrogens with zero attached hydrogens (tertiary/aromatic N) is 3. The van der Waals surface area contributed by atoms with Gasteiger partial charge in [0.1, 0.15) is 6.54 Å². The molecular formula is C17H13ClN4O2. The number of hydrogen-bond acceptors (Lipinski definition) is 4. The van der Waals surface area contributed by atoms with Crippen LogP contribution in [0.5, 0.6) is 0 Å². The van der Waals surface area contributed by atoms with Gasteiger partial charge in [0.2, 0.25) is 0 Å². The summed E-state index contributed by atoms with van der Waals surface area (Å²) in [5.74, 6) is -0.424. The average molecular weight is 341 g/mol. The minimum atomic E-state index is -0.424. The van der Waals surface area contributed by atoms with Gasteiger partial charge in [0, 0.05) is 5.02 Å². The van der Waals surface area contributed by atoms with E-state index in [0.29, 0.717) is 15.9 Å². The number of hydrazone groups is 1. The van der Waals surface area contributed by atoms with Crippen LogP contribution in [0, 0.1) is 0 Å². The van der Waals surface area contributed by atoms with E-state index in [2.05, 4.69) is 15.5 Å². The summed E-state index contributed by atoms with van der Waals surface area (Å²) < 4.78 is 1.24. The van der Waals surface area contributed by atoms with Gasteiger partial charge in [-0.3, -0.25) is 14.2 Å². The van der Waals surface area contributed by atoms with Gasteiger partial charge in [-0.2, -0.15) is 5.10 Å². The van der Waals surface area contributed by atoms with E-state index in [4.69, 9.17) is 11.6 Å². The van der Waals surface area contributed by atoms with Crippen LogP contribution in [0.4, 0.5) is 0 Å². The topological polar surface area (TPSA) is 76.3 Å². The number of carbonyl (C=O) groups is 1. The minimum Gasteiger partial charge on any atom is -0.289 e. The van der Waals surface area contributed by atoms with E-state index in [1.807, 2.05) is 0 Å². The third kappa shape index (κ3) is 3.67. The Morgan fingerprint density at radius 3 is 2.92 bits per heavy atom. The molecule has 0 saturated carbocycles. The summed E-state index contributed by atoms with van der Waals surface area (Å²) in [7, 11) is 0. The van der Waals surface area contributed by atoms with E-state index < -0.39 is 5.91 Å². The summed E-state index contributed by atoms with van der Waals surface area (Å²) in [6.07, 6.45) is 2.83. The molecule has 0 aliphatic heterocycles. The third-order valence-corrected chi connectivity index (χ3v) is 3.53. The number of rotatable bonds is 4. The second-order valence-electron chi connectivity index (χ2n) is 5.04. The van der Waals surface area contributed by atoms with Crippen molar-refractivity contribution in [2.24, 2.45) is 5.10 Å². The zero-order valence-corrected chi connectivity index (χ0v) is 13.3. The van der Waals surface area contributed by atoms with Crippen molar-refractivity contribution in [3.05, 3.63) is 75.8 Å². The van der Waals surface area contributed by atoms with Gasteiger partial charge in [-0.05, 0) is 29.8 Å². The molecule has 0 fully saturated rings. The predicted octanol–water partition coefficient (Wildman–Crippen LogP) is 2.20. The molecule has 0 aliphatic rings. The van der Waals surface area contributed by atoms with Crippen molar-refractivity contribution < 1.29 is 4.79 Å². The van der Waals surface area contributed by atoms with Crippen LogP contribution in [0.25, 0.3) is 10.9 Å². The Morgan fingerprint density at radius 2 is 2.08 bits per heavy atom. The second kappa shape index (κ2) is 7.06. The standard InChI is InChI=1S/C17H13ClN4O2/c18-13-5-3-4-12(8-13)9-20-21-16(23)10-22-11-19-15-7-2-1-6-14(15)17(22)24/h1-9,11H,10H2,(H,21,23)/b20-9+. The number of benzene rings is 2. The summed E-state index contributed by atoms with van der Waals surface area (Å²) in [5.41, 5.74) is 3.46. The number of para-hydroxylation sites is 1. The van der Waals surface area contributed by atoms with E-state index in [0.717, 1.165) is 5.56 Å². The molecular weight excluding hydrogens is 328 g/mol. The highest BCUT2D eigenvalue weighted by Crippen LogP contribution is 2.08. The number of hydrogen-bond donors (Lipinski definition) is 1. The largest absolute Gasteiger partial charge is 0.289 e. The molecule has 0 aliphatic carbocycles. The Labute approximate surface area is 142 Å². The number of halogens is 1. The molecule has 2 aromatic carbocycles. The lowest BCUT2D eigenvalue weighted by atomic mass is 10.2. The van der Waals surface area contributed by atoms with Crippen molar-refractivity contribution in [2.45, 2.75) is 6.54 Å². The zero-order valence-electron chi connectivity index (χ0n) is 12.5. The third-order valence-electron chi connectivity index (χ3n) is 3.30. The first-order chi connectivity index (χ1) is 11.6. The molecule has 0 atom stereocenters. The maximum Gasteiger partial charge on any atom is 0.261 e. The van der Waals surface area contributed by atoms with E-state index in [1.54, 1.807) is 48.5 Å². The maximum absolute atomic E-state index is 12.3. The van der Waals surface area contributed by atoms with Gasteiger partial charge < -0.3 is 0 Å². The molecule has 0 saturated heterocycles. The Kier molecular flexibility index (Phi) is 4.67. The molecule has 7 heteroatoms. The minimum absolute atomic E-state index is 0.163. The second-order valence-corrected chi connectivity index (χ2v) is 5.48. The van der Waals surface area contributed by atoms with E-state index in [9.17, 15) is 9.59 Å². The van der Waals surface area contributed by atoms with E-state index >= 15 is 0 Å². The SMILES string of the molecule is O=C(Cn1cnc2ccccc2c1=O)N/N=C/c1cccc(Cl)c1. The molecule has 6 nitrogen and oxygen atoms in total. The number of amides is 1. The number of carbonyl (C=O) groups excluding carboxylic acids is 1. The molecule has 1 aromatic heterocycles. The van der Waals surface area contributed by atoms with Crippen LogP contribution >= 0.6 is 11.6 Å². The number of aromatic nitrogens is 2. The molecule has 0 unspecified atom stereocenters. The molecule has 1 heterocycles. The van der Waals surface area contributed by atoms with Crippen LogP contribution in [0.15, 0.2) is 64.8 Å². The Bertz CT molecular complexity index is 981. The normalized spacial score (nSPS) is 11.0. The van der Waals surface area contributed by atoms with Gasteiger partial charge in [0.15, 0.2) is 0 Å². The summed E-state index contributed by atoms with van der Waals surface area (Å²) >= 11 is 5.86. The summed E-state index contributed by atoms with van der Waals surface area (Å²) in [5, 5.41) is 4.90. The summed E-state index contributed by atoms with van der Waals surface area (Å²) in [6.45, 7) is -0.163. The van der Waals surface area contributed by atoms with Gasteiger partial charge in [0.25, 0.3) is 11.5 Å². The zero-order chi connectivity index (χ0) is 16.9. The van der Waals surface area contributed by atoms with Crippen LogP contribution in [-0.4, -0.2) is 21.7 Å². The fourth-order valence-corrected chi connectivity index (χ4v) is 2.37. The van der Waals surface area contributed by atoms with Crippen LogP contribution in [0.2, 0.25) is 5.02 Å². The van der Waals surface area contributed by atoms with E-state index in [1.165, 1.54) is 17.1 Å². The highest BCUT2D eigenvalue weighted by Gasteiger charge is 2.07. The van der Waals surface area contributed by atoms with Crippen LogP contribution in [0.1, 0.15) is 5.56 Å². The molecule has 120 valence electrons. The lowest BCUT2D eigenvalue weighted by Crippen LogP contribution is -2.30. The molecule has 3 aromatic rings. The predicted molar refractivity (Wildman–Crippen MR) is 93.2 cm³/mol. The van der Waals surface area contributed by atoms with Crippen LogP contribution in [0.3, 0.4) is 0 Å². The summed E-state index contributed by atoms with van der Waals surface area (Å²) in [4.78, 5) is 28.4. The molecule has 1 amide bonds. The van der Waals surface area contributed by atoms with Crippen molar-refractivity contribution >= 4 is 34.6 Å². The first-order valence-corrected chi connectivity index (χ1v) is 7.53. The molecule has 3 rings (SSSR count). The van der Waals surface area contributed by atoms with Gasteiger partial charge in [0.05, 0.1) is 23.4 Å². The molecule has 1 N–H and O–H groups in total. The molecule has 0 radical (unpaired) electrons. The van der Waals surface area contributed by atoms with Crippen LogP contribution in [-0.2, 0) is 11.3 Å². The molecule has 0 spiro atoms. The number of nitrogens with one attached hydrogen (secondary N) is 1. The van der Waals surface area contributed by atoms with Crippen molar-refractivity contribution in [1.82, 2.24) is 15.0 Å². The lowest BCUT2D eigenvalue weighted by molar-refractivity contribution is -0.121. The van der Waals surface area contributed by atoms with Gasteiger partial charge >= 0.3 is 0 Å². The lowest BCUT2D eigenvalue weighted by Gasteiger charge is -2.05. The monoisotopic (exact) mass is 340 g/mol. The van der Waals surface area contributed by atoms with Crippen molar-refractivity contribution in [2.75, 3.05) is 0 Å². The highest BCUT2D eigenvalue weighted by molar-refractivity contribution is 6.30. The van der Waals surface area contributed by atoms with Gasteiger partial charge in [-0.25, -0.2) is 10.4 Å². The fraction of sp³-hybridized carbons (Fsp3) is 0.0588. The Hall–Kier alpha value is -2.99.